The molecule has 0 saturated carbocycles. The van der Waals surface area contributed by atoms with Crippen LogP contribution in [0.4, 0.5) is 0 Å². The molecule has 98 valence electrons. The summed E-state index contributed by atoms with van der Waals surface area (Å²) in [6, 6.07) is 5.12. The van der Waals surface area contributed by atoms with Crippen molar-refractivity contribution >= 4 is 23.5 Å². The Morgan fingerprint density at radius 2 is 2.21 bits per heavy atom. The number of fused-ring (bicyclic) bond motifs is 1. The lowest BCUT2D eigenvalue weighted by Gasteiger charge is -2.23. The van der Waals surface area contributed by atoms with Crippen molar-refractivity contribution in [3.05, 3.63) is 30.2 Å². The van der Waals surface area contributed by atoms with Crippen LogP contribution in [0.2, 0.25) is 0 Å². The van der Waals surface area contributed by atoms with Crippen molar-refractivity contribution in [3.8, 4) is 0 Å². The third-order valence-corrected chi connectivity index (χ3v) is 3.22. The first kappa shape index (κ1) is 12.5. The van der Waals surface area contributed by atoms with Crippen LogP contribution in [0.25, 0.3) is 10.9 Å². The Hall–Kier alpha value is -1.54. The molecule has 1 aromatic carbocycles. The highest BCUT2D eigenvalue weighted by molar-refractivity contribution is 6.58. The number of benzene rings is 1. The van der Waals surface area contributed by atoms with Crippen molar-refractivity contribution in [2.75, 3.05) is 19.7 Å². The standard InChI is InChI=1S/C12H14BN3O3/c17-13(18)8-1-2-9-10(5-8)15-7-16-12(9)11-6-14-3-4-19-11/h1-2,5,7,11,14,17-18H,3-4,6H2. The van der Waals surface area contributed by atoms with E-state index in [0.29, 0.717) is 17.6 Å². The third kappa shape index (κ3) is 2.45. The molecule has 1 aliphatic heterocycles. The molecule has 1 fully saturated rings. The van der Waals surface area contributed by atoms with Gasteiger partial charge >= 0.3 is 7.12 Å². The zero-order chi connectivity index (χ0) is 13.2. The molecule has 0 radical (unpaired) electrons. The van der Waals surface area contributed by atoms with Crippen LogP contribution in [0.5, 0.6) is 0 Å². The molecule has 1 atom stereocenters. The Labute approximate surface area is 110 Å². The van der Waals surface area contributed by atoms with E-state index in [0.717, 1.165) is 24.2 Å². The van der Waals surface area contributed by atoms with Gasteiger partial charge in [-0.25, -0.2) is 9.97 Å². The monoisotopic (exact) mass is 259 g/mol. The van der Waals surface area contributed by atoms with Gasteiger partial charge in [0.15, 0.2) is 0 Å². The first-order valence-electron chi connectivity index (χ1n) is 6.19. The largest absolute Gasteiger partial charge is 0.488 e. The molecule has 7 heteroatoms. The summed E-state index contributed by atoms with van der Waals surface area (Å²) in [4.78, 5) is 8.47. The first-order chi connectivity index (χ1) is 9.25. The maximum atomic E-state index is 9.18. The van der Waals surface area contributed by atoms with Crippen LogP contribution in [-0.4, -0.2) is 46.8 Å². The van der Waals surface area contributed by atoms with Gasteiger partial charge in [0.2, 0.25) is 0 Å². The second-order valence-corrected chi connectivity index (χ2v) is 4.47. The van der Waals surface area contributed by atoms with Gasteiger partial charge in [0, 0.05) is 18.5 Å². The average Bonchev–Trinajstić information content (AvgIpc) is 2.47. The molecule has 2 aromatic rings. The summed E-state index contributed by atoms with van der Waals surface area (Å²) in [5.74, 6) is 0. The van der Waals surface area contributed by atoms with E-state index in [1.54, 1.807) is 18.2 Å². The minimum Gasteiger partial charge on any atom is -0.423 e. The summed E-state index contributed by atoms with van der Waals surface area (Å²) >= 11 is 0. The third-order valence-electron chi connectivity index (χ3n) is 3.22. The van der Waals surface area contributed by atoms with Gasteiger partial charge in [-0.15, -0.1) is 0 Å². The van der Waals surface area contributed by atoms with Gasteiger partial charge in [-0.05, 0) is 11.5 Å². The molecule has 0 bridgehead atoms. The van der Waals surface area contributed by atoms with E-state index >= 15 is 0 Å². The normalized spacial score (nSPS) is 19.6. The van der Waals surface area contributed by atoms with Gasteiger partial charge in [0.05, 0.1) is 17.8 Å². The van der Waals surface area contributed by atoms with Gasteiger partial charge in [0.25, 0.3) is 0 Å². The topological polar surface area (TPSA) is 87.5 Å². The van der Waals surface area contributed by atoms with E-state index in [9.17, 15) is 10.0 Å². The second-order valence-electron chi connectivity index (χ2n) is 4.47. The van der Waals surface area contributed by atoms with Crippen molar-refractivity contribution < 1.29 is 14.8 Å². The smallest absolute Gasteiger partial charge is 0.423 e. The van der Waals surface area contributed by atoms with E-state index in [-0.39, 0.29) is 6.10 Å². The Morgan fingerprint density at radius 1 is 1.32 bits per heavy atom. The number of morpholine rings is 1. The zero-order valence-electron chi connectivity index (χ0n) is 10.3. The summed E-state index contributed by atoms with van der Waals surface area (Å²) in [5, 5.41) is 22.5. The molecule has 1 aliphatic rings. The van der Waals surface area contributed by atoms with E-state index in [1.165, 1.54) is 6.33 Å². The highest BCUT2D eigenvalue weighted by Gasteiger charge is 2.20. The number of ether oxygens (including phenoxy) is 1. The van der Waals surface area contributed by atoms with Crippen molar-refractivity contribution in [3.63, 3.8) is 0 Å². The van der Waals surface area contributed by atoms with Crippen LogP contribution in [0.3, 0.4) is 0 Å². The van der Waals surface area contributed by atoms with Crippen LogP contribution in [0.15, 0.2) is 24.5 Å². The molecular weight excluding hydrogens is 245 g/mol. The quantitative estimate of drug-likeness (QED) is 0.598. The second kappa shape index (κ2) is 5.22. The Morgan fingerprint density at radius 3 is 2.95 bits per heavy atom. The summed E-state index contributed by atoms with van der Waals surface area (Å²) < 4.78 is 5.70. The van der Waals surface area contributed by atoms with Crippen LogP contribution in [-0.2, 0) is 4.74 Å². The van der Waals surface area contributed by atoms with Gasteiger partial charge < -0.3 is 20.1 Å². The van der Waals surface area contributed by atoms with Crippen molar-refractivity contribution in [1.29, 1.82) is 0 Å². The number of aromatic nitrogens is 2. The highest BCUT2D eigenvalue weighted by Crippen LogP contribution is 2.23. The molecule has 0 aliphatic carbocycles. The molecule has 0 spiro atoms. The molecule has 2 heterocycles. The minimum atomic E-state index is -1.49. The Balaban J connectivity index is 2.05. The molecule has 1 saturated heterocycles. The Bertz CT molecular complexity index is 587. The molecule has 1 unspecified atom stereocenters. The summed E-state index contributed by atoms with van der Waals surface area (Å²) in [6.07, 6.45) is 1.38. The van der Waals surface area contributed by atoms with Crippen LogP contribution in [0.1, 0.15) is 11.8 Å². The van der Waals surface area contributed by atoms with E-state index < -0.39 is 7.12 Å². The predicted octanol–water partition coefficient (Wildman–Crippen LogP) is -1.03. The fourth-order valence-electron chi connectivity index (χ4n) is 2.25. The fourth-order valence-corrected chi connectivity index (χ4v) is 2.25. The van der Waals surface area contributed by atoms with Crippen molar-refractivity contribution in [1.82, 2.24) is 15.3 Å². The summed E-state index contributed by atoms with van der Waals surface area (Å²) in [7, 11) is -1.49. The number of nitrogens with zero attached hydrogens (tertiary/aromatic N) is 2. The highest BCUT2D eigenvalue weighted by atomic mass is 16.5. The van der Waals surface area contributed by atoms with Crippen LogP contribution in [0, 0.1) is 0 Å². The van der Waals surface area contributed by atoms with Crippen molar-refractivity contribution in [2.24, 2.45) is 0 Å². The number of hydrogen-bond acceptors (Lipinski definition) is 6. The average molecular weight is 259 g/mol. The Kier molecular flexibility index (Phi) is 3.43. The summed E-state index contributed by atoms with van der Waals surface area (Å²) in [6.45, 7) is 2.22. The molecule has 3 rings (SSSR count). The molecule has 1 aromatic heterocycles. The van der Waals surface area contributed by atoms with Crippen LogP contribution >= 0.6 is 0 Å². The number of hydrogen-bond donors (Lipinski definition) is 3. The van der Waals surface area contributed by atoms with E-state index in [4.69, 9.17) is 4.74 Å². The lowest BCUT2D eigenvalue weighted by molar-refractivity contribution is 0.0260. The molecule has 6 nitrogen and oxygen atoms in total. The fraction of sp³-hybridized carbons (Fsp3) is 0.333. The van der Waals surface area contributed by atoms with E-state index in [1.807, 2.05) is 0 Å². The van der Waals surface area contributed by atoms with Gasteiger partial charge in [-0.2, -0.15) is 0 Å². The lowest BCUT2D eigenvalue weighted by Crippen LogP contribution is -2.34. The predicted molar refractivity (Wildman–Crippen MR) is 70.9 cm³/mol. The molecular formula is C12H14BN3O3. The molecule has 19 heavy (non-hydrogen) atoms. The minimum absolute atomic E-state index is 0.0934. The van der Waals surface area contributed by atoms with Crippen molar-refractivity contribution in [2.45, 2.75) is 6.10 Å². The first-order valence-corrected chi connectivity index (χ1v) is 6.19. The van der Waals surface area contributed by atoms with Crippen LogP contribution < -0.4 is 10.8 Å². The van der Waals surface area contributed by atoms with Gasteiger partial charge in [-0.3, -0.25) is 0 Å². The maximum Gasteiger partial charge on any atom is 0.488 e. The maximum absolute atomic E-state index is 9.18. The van der Waals surface area contributed by atoms with Gasteiger partial charge in [0.1, 0.15) is 12.4 Å². The summed E-state index contributed by atoms with van der Waals surface area (Å²) in [5.41, 5.74) is 1.93. The van der Waals surface area contributed by atoms with Gasteiger partial charge in [-0.1, -0.05) is 12.1 Å². The number of rotatable bonds is 2. The SMILES string of the molecule is OB(O)c1ccc2c(C3CNCCO3)ncnc2c1. The van der Waals surface area contributed by atoms with E-state index in [2.05, 4.69) is 15.3 Å². The molecule has 0 amide bonds. The zero-order valence-corrected chi connectivity index (χ0v) is 10.3. The lowest BCUT2D eigenvalue weighted by atomic mass is 9.80. The number of nitrogens with one attached hydrogen (secondary N) is 1. The molecule has 3 N–H and O–H groups in total.